The molecule has 14 heavy (non-hydrogen) atoms. The summed E-state index contributed by atoms with van der Waals surface area (Å²) < 4.78 is 0. The summed E-state index contributed by atoms with van der Waals surface area (Å²) in [6, 6.07) is -0.252. The van der Waals surface area contributed by atoms with Crippen LogP contribution < -0.4 is 11.1 Å². The molecule has 0 aliphatic carbocycles. The van der Waals surface area contributed by atoms with Gasteiger partial charge in [0.15, 0.2) is 0 Å². The molecule has 0 spiro atoms. The molecular formula is C10H22N2OS. The van der Waals surface area contributed by atoms with E-state index < -0.39 is 6.04 Å². The van der Waals surface area contributed by atoms with E-state index in [1.165, 1.54) is 0 Å². The van der Waals surface area contributed by atoms with E-state index in [1.807, 2.05) is 34.0 Å². The lowest BCUT2D eigenvalue weighted by Gasteiger charge is -2.27. The minimum absolute atomic E-state index is 0.0564. The molecule has 0 rings (SSSR count). The zero-order valence-corrected chi connectivity index (χ0v) is 10.6. The van der Waals surface area contributed by atoms with Crippen LogP contribution >= 0.6 is 11.8 Å². The van der Waals surface area contributed by atoms with Crippen LogP contribution in [0.3, 0.4) is 0 Å². The van der Waals surface area contributed by atoms with Crippen molar-refractivity contribution in [3.63, 3.8) is 0 Å². The quantitative estimate of drug-likeness (QED) is 0.746. The van der Waals surface area contributed by atoms with Gasteiger partial charge in [-0.05, 0) is 18.6 Å². The van der Waals surface area contributed by atoms with E-state index >= 15 is 0 Å². The highest BCUT2D eigenvalue weighted by Crippen LogP contribution is 2.17. The molecule has 0 aromatic carbocycles. The third-order valence-corrected chi connectivity index (χ3v) is 2.85. The summed E-state index contributed by atoms with van der Waals surface area (Å²) in [5.41, 5.74) is 5.64. The van der Waals surface area contributed by atoms with Crippen molar-refractivity contribution in [2.45, 2.75) is 39.8 Å². The van der Waals surface area contributed by atoms with E-state index in [1.54, 1.807) is 11.8 Å². The summed E-state index contributed by atoms with van der Waals surface area (Å²) in [5.74, 6) is 0.863. The number of carbonyl (C=O) groups is 1. The summed E-state index contributed by atoms with van der Waals surface area (Å²) in [7, 11) is 0. The number of hydrogen-bond acceptors (Lipinski definition) is 3. The van der Waals surface area contributed by atoms with E-state index in [0.29, 0.717) is 0 Å². The predicted octanol–water partition coefficient (Wildman–Crippen LogP) is 1.23. The molecule has 1 unspecified atom stereocenters. The second-order valence-corrected chi connectivity index (χ2v) is 5.62. The van der Waals surface area contributed by atoms with Crippen LogP contribution in [0.15, 0.2) is 0 Å². The maximum absolute atomic E-state index is 11.6. The van der Waals surface area contributed by atoms with Crippen LogP contribution in [0.5, 0.6) is 0 Å². The van der Waals surface area contributed by atoms with Gasteiger partial charge in [0.1, 0.15) is 0 Å². The summed E-state index contributed by atoms with van der Waals surface area (Å²) >= 11 is 1.72. The van der Waals surface area contributed by atoms with Crippen molar-refractivity contribution in [3.05, 3.63) is 0 Å². The van der Waals surface area contributed by atoms with Crippen molar-refractivity contribution in [2.24, 2.45) is 11.1 Å². The smallest absolute Gasteiger partial charge is 0.237 e. The van der Waals surface area contributed by atoms with E-state index in [4.69, 9.17) is 5.73 Å². The van der Waals surface area contributed by atoms with Crippen LogP contribution in [-0.4, -0.2) is 30.0 Å². The van der Waals surface area contributed by atoms with Gasteiger partial charge in [0.05, 0.1) is 6.04 Å². The zero-order chi connectivity index (χ0) is 11.4. The normalized spacial score (nSPS) is 16.1. The largest absolute Gasteiger partial charge is 0.351 e. The van der Waals surface area contributed by atoms with E-state index in [0.717, 1.165) is 5.75 Å². The first kappa shape index (κ1) is 13.8. The van der Waals surface area contributed by atoms with Crippen LogP contribution in [0.1, 0.15) is 27.7 Å². The van der Waals surface area contributed by atoms with Gasteiger partial charge in [-0.2, -0.15) is 11.8 Å². The fourth-order valence-corrected chi connectivity index (χ4v) is 1.60. The first-order valence-electron chi connectivity index (χ1n) is 4.84. The third kappa shape index (κ3) is 4.86. The number of hydrogen-bond donors (Lipinski definition) is 2. The number of thioether (sulfide) groups is 1. The van der Waals surface area contributed by atoms with Crippen molar-refractivity contribution < 1.29 is 4.79 Å². The van der Waals surface area contributed by atoms with E-state index in [9.17, 15) is 4.79 Å². The Hall–Kier alpha value is -0.220. The van der Waals surface area contributed by atoms with Crippen molar-refractivity contribution in [1.29, 1.82) is 0 Å². The molecule has 0 radical (unpaired) electrons. The molecule has 3 N–H and O–H groups in total. The molecule has 3 nitrogen and oxygen atoms in total. The minimum Gasteiger partial charge on any atom is -0.351 e. The van der Waals surface area contributed by atoms with Crippen LogP contribution in [0.25, 0.3) is 0 Å². The molecule has 1 amide bonds. The molecule has 0 fully saturated rings. The van der Waals surface area contributed by atoms with E-state index in [-0.39, 0.29) is 17.4 Å². The first-order chi connectivity index (χ1) is 6.29. The van der Waals surface area contributed by atoms with Gasteiger partial charge in [-0.1, -0.05) is 20.8 Å². The third-order valence-electron chi connectivity index (χ3n) is 2.02. The standard InChI is InChI=1S/C10H22N2OS/c1-7(6-14-5)12-9(13)8(11)10(2,3)4/h7-8H,6,11H2,1-5H3,(H,12,13)/t7?,8-/m1/s1. The second-order valence-electron chi connectivity index (χ2n) is 4.71. The van der Waals surface area contributed by atoms with Gasteiger partial charge in [0.25, 0.3) is 0 Å². The highest BCUT2D eigenvalue weighted by Gasteiger charge is 2.27. The molecular weight excluding hydrogens is 196 g/mol. The molecule has 0 bridgehead atoms. The van der Waals surface area contributed by atoms with Crippen molar-refractivity contribution in [2.75, 3.05) is 12.0 Å². The average Bonchev–Trinajstić information content (AvgIpc) is 2.01. The summed E-state index contributed by atoms with van der Waals surface area (Å²) in [6.45, 7) is 7.90. The molecule has 0 saturated carbocycles. The Morgan fingerprint density at radius 3 is 2.36 bits per heavy atom. The zero-order valence-electron chi connectivity index (χ0n) is 9.76. The van der Waals surface area contributed by atoms with Crippen LogP contribution in [0.4, 0.5) is 0 Å². The van der Waals surface area contributed by atoms with Gasteiger partial charge in [-0.3, -0.25) is 4.79 Å². The number of carbonyl (C=O) groups excluding carboxylic acids is 1. The average molecular weight is 218 g/mol. The summed E-state index contributed by atoms with van der Waals surface area (Å²) in [4.78, 5) is 11.6. The molecule has 2 atom stereocenters. The van der Waals surface area contributed by atoms with Gasteiger partial charge in [-0.15, -0.1) is 0 Å². The highest BCUT2D eigenvalue weighted by atomic mass is 32.2. The number of nitrogens with two attached hydrogens (primary N) is 1. The van der Waals surface area contributed by atoms with Crippen molar-refractivity contribution >= 4 is 17.7 Å². The lowest BCUT2D eigenvalue weighted by Crippen LogP contribution is -2.51. The predicted molar refractivity (Wildman–Crippen MR) is 63.4 cm³/mol. The summed E-state index contributed by atoms with van der Waals surface area (Å²) in [5, 5.41) is 2.90. The molecule has 84 valence electrons. The highest BCUT2D eigenvalue weighted by molar-refractivity contribution is 7.98. The molecule has 0 aliphatic rings. The lowest BCUT2D eigenvalue weighted by atomic mass is 9.87. The molecule has 4 heteroatoms. The fraction of sp³-hybridized carbons (Fsp3) is 0.900. The van der Waals surface area contributed by atoms with E-state index in [2.05, 4.69) is 5.32 Å². The van der Waals surface area contributed by atoms with Crippen LogP contribution in [0.2, 0.25) is 0 Å². The molecule has 0 aromatic rings. The van der Waals surface area contributed by atoms with Gasteiger partial charge in [-0.25, -0.2) is 0 Å². The maximum atomic E-state index is 11.6. The van der Waals surface area contributed by atoms with Crippen LogP contribution in [0, 0.1) is 5.41 Å². The maximum Gasteiger partial charge on any atom is 0.237 e. The minimum atomic E-state index is -0.438. The Balaban J connectivity index is 4.08. The number of rotatable bonds is 4. The first-order valence-corrected chi connectivity index (χ1v) is 6.23. The van der Waals surface area contributed by atoms with Gasteiger partial charge in [0.2, 0.25) is 5.91 Å². The Kier molecular flexibility index (Phi) is 5.52. The van der Waals surface area contributed by atoms with Gasteiger partial charge >= 0.3 is 0 Å². The van der Waals surface area contributed by atoms with Crippen molar-refractivity contribution in [1.82, 2.24) is 5.32 Å². The second kappa shape index (κ2) is 5.61. The Morgan fingerprint density at radius 1 is 1.50 bits per heavy atom. The number of amides is 1. The van der Waals surface area contributed by atoms with Crippen LogP contribution in [-0.2, 0) is 4.79 Å². The Bertz CT molecular complexity index is 189. The van der Waals surface area contributed by atoms with Gasteiger partial charge < -0.3 is 11.1 Å². The fourth-order valence-electron chi connectivity index (χ4n) is 1.02. The molecule has 0 aromatic heterocycles. The Labute approximate surface area is 91.2 Å². The lowest BCUT2D eigenvalue weighted by molar-refractivity contribution is -0.124. The number of nitrogens with one attached hydrogen (secondary N) is 1. The molecule has 0 heterocycles. The van der Waals surface area contributed by atoms with Crippen molar-refractivity contribution in [3.8, 4) is 0 Å². The molecule has 0 aliphatic heterocycles. The summed E-state index contributed by atoms with van der Waals surface area (Å²) in [6.07, 6.45) is 2.02. The molecule has 0 saturated heterocycles. The Morgan fingerprint density at radius 2 is 2.00 bits per heavy atom. The van der Waals surface area contributed by atoms with Gasteiger partial charge in [0, 0.05) is 11.8 Å². The topological polar surface area (TPSA) is 55.1 Å². The SMILES string of the molecule is CSCC(C)NC(=O)[C@@H](N)C(C)(C)C. The monoisotopic (exact) mass is 218 g/mol.